The molecule has 3 aromatic carbocycles. The Balaban J connectivity index is 1.58. The third-order valence-electron chi connectivity index (χ3n) is 6.01. The van der Waals surface area contributed by atoms with Crippen molar-refractivity contribution in [2.75, 3.05) is 13.2 Å². The van der Waals surface area contributed by atoms with E-state index in [1.807, 2.05) is 61.5 Å². The second-order valence-electron chi connectivity index (χ2n) is 8.52. The largest absolute Gasteiger partial charge is 0.494 e. The van der Waals surface area contributed by atoms with Crippen LogP contribution in [-0.2, 0) is 22.5 Å². The number of benzene rings is 3. The van der Waals surface area contributed by atoms with Gasteiger partial charge in [0.25, 0.3) is 5.91 Å². The maximum absolute atomic E-state index is 13.6. The molecule has 3 aromatic rings. The second kappa shape index (κ2) is 11.1. The van der Waals surface area contributed by atoms with Gasteiger partial charge in [0, 0.05) is 31.6 Å². The number of carbonyl (C=O) groups excluding carboxylic acids is 1. The lowest BCUT2D eigenvalue weighted by Gasteiger charge is -2.28. The second-order valence-corrected chi connectivity index (χ2v) is 8.52. The van der Waals surface area contributed by atoms with E-state index in [9.17, 15) is 9.18 Å². The summed E-state index contributed by atoms with van der Waals surface area (Å²) < 4.78 is 25.0. The van der Waals surface area contributed by atoms with Crippen molar-refractivity contribution in [2.45, 2.75) is 38.0 Å². The third-order valence-corrected chi connectivity index (χ3v) is 6.01. The van der Waals surface area contributed by atoms with Crippen molar-refractivity contribution in [2.24, 2.45) is 4.99 Å². The van der Waals surface area contributed by atoms with Crippen molar-refractivity contribution < 1.29 is 23.8 Å². The summed E-state index contributed by atoms with van der Waals surface area (Å²) in [6, 6.07) is 23.1. The first-order chi connectivity index (χ1) is 17.0. The van der Waals surface area contributed by atoms with Gasteiger partial charge in [0.1, 0.15) is 17.7 Å². The molecule has 0 fully saturated rings. The van der Waals surface area contributed by atoms with Gasteiger partial charge >= 0.3 is 0 Å². The summed E-state index contributed by atoms with van der Waals surface area (Å²) in [4.78, 5) is 18.4. The van der Waals surface area contributed by atoms with Crippen LogP contribution in [0.15, 0.2) is 83.9 Å². The van der Waals surface area contributed by atoms with Gasteiger partial charge in [-0.2, -0.15) is 0 Å². The highest BCUT2D eigenvalue weighted by molar-refractivity contribution is 6.00. The van der Waals surface area contributed by atoms with E-state index in [-0.39, 0.29) is 24.9 Å². The topological polar surface area (TPSA) is 80.2 Å². The monoisotopic (exact) mass is 476 g/mol. The van der Waals surface area contributed by atoms with Gasteiger partial charge in [-0.15, -0.1) is 0 Å². The number of rotatable bonds is 10. The van der Waals surface area contributed by atoms with Gasteiger partial charge in [0.15, 0.2) is 5.54 Å². The molecule has 0 saturated carbocycles. The van der Waals surface area contributed by atoms with Crippen LogP contribution in [0.3, 0.4) is 0 Å². The van der Waals surface area contributed by atoms with Crippen LogP contribution in [0.2, 0.25) is 0 Å². The number of hydrogen-bond donors (Lipinski definition) is 2. The molecule has 1 amide bonds. The van der Waals surface area contributed by atoms with Crippen LogP contribution in [0.5, 0.6) is 5.75 Å². The van der Waals surface area contributed by atoms with E-state index < -0.39 is 11.6 Å². The smallest absolute Gasteiger partial charge is 0.252 e. The third kappa shape index (κ3) is 5.87. The fraction of sp³-hybridized carbons (Fsp3) is 0.286. The number of aliphatic imine (C=N–C) groups is 1. The molecule has 0 aliphatic carbocycles. The fourth-order valence-corrected chi connectivity index (χ4v) is 3.99. The molecular formula is C28H29FN2O4. The molecule has 1 aliphatic heterocycles. The van der Waals surface area contributed by atoms with Gasteiger partial charge in [0.2, 0.25) is 5.90 Å². The van der Waals surface area contributed by atoms with Crippen molar-refractivity contribution in [3.8, 4) is 5.75 Å². The molecule has 0 saturated heterocycles. The summed E-state index contributed by atoms with van der Waals surface area (Å²) in [6.07, 6.45) is 0.423. The maximum Gasteiger partial charge on any atom is 0.252 e. The number of carbonyl (C=O) groups is 1. The van der Waals surface area contributed by atoms with Crippen LogP contribution in [0, 0.1) is 5.82 Å². The van der Waals surface area contributed by atoms with E-state index in [2.05, 4.69) is 5.32 Å². The Hall–Kier alpha value is -3.71. The zero-order chi connectivity index (χ0) is 24.7. The van der Waals surface area contributed by atoms with Crippen LogP contribution >= 0.6 is 0 Å². The minimum absolute atomic E-state index is 0.0767. The number of aliphatic hydroxyl groups excluding tert-OH is 1. The Kier molecular flexibility index (Phi) is 7.77. The minimum Gasteiger partial charge on any atom is -0.494 e. The lowest BCUT2D eigenvalue weighted by molar-refractivity contribution is -0.128. The van der Waals surface area contributed by atoms with Crippen LogP contribution in [-0.4, -0.2) is 41.8 Å². The Morgan fingerprint density at radius 3 is 2.46 bits per heavy atom. The first-order valence-electron chi connectivity index (χ1n) is 11.7. The van der Waals surface area contributed by atoms with E-state index in [1.165, 1.54) is 12.1 Å². The van der Waals surface area contributed by atoms with Crippen LogP contribution in [0.25, 0.3) is 0 Å². The van der Waals surface area contributed by atoms with Crippen molar-refractivity contribution in [3.05, 3.63) is 101 Å². The van der Waals surface area contributed by atoms with Gasteiger partial charge in [0.05, 0.1) is 6.61 Å². The normalized spacial score (nSPS) is 19.1. The van der Waals surface area contributed by atoms with Crippen LogP contribution < -0.4 is 10.1 Å². The molecule has 0 spiro atoms. The minimum atomic E-state index is -1.16. The summed E-state index contributed by atoms with van der Waals surface area (Å²) in [6.45, 7) is 2.61. The Morgan fingerprint density at radius 1 is 1.06 bits per heavy atom. The first-order valence-corrected chi connectivity index (χ1v) is 11.7. The molecule has 7 heteroatoms. The average molecular weight is 477 g/mol. The number of amides is 1. The molecule has 4 rings (SSSR count). The van der Waals surface area contributed by atoms with E-state index in [0.717, 1.165) is 16.7 Å². The molecule has 182 valence electrons. The molecule has 2 N–H and O–H groups in total. The zero-order valence-corrected chi connectivity index (χ0v) is 19.6. The van der Waals surface area contributed by atoms with Crippen LogP contribution in [0.1, 0.15) is 30.0 Å². The highest BCUT2D eigenvalue weighted by Gasteiger charge is 2.50. The van der Waals surface area contributed by atoms with Gasteiger partial charge in [-0.05, 0) is 54.4 Å². The predicted octanol–water partition coefficient (Wildman–Crippen LogP) is 4.05. The van der Waals surface area contributed by atoms with Gasteiger partial charge in [-0.3, -0.25) is 4.79 Å². The quantitative estimate of drug-likeness (QED) is 0.433. The number of nitrogens with one attached hydrogen (secondary N) is 1. The number of nitrogens with zero attached hydrogens (tertiary/aromatic N) is 1. The van der Waals surface area contributed by atoms with Crippen LogP contribution in [0.4, 0.5) is 4.39 Å². The number of hydrogen-bond acceptors (Lipinski definition) is 5. The molecule has 35 heavy (non-hydrogen) atoms. The highest BCUT2D eigenvalue weighted by atomic mass is 19.1. The Morgan fingerprint density at radius 2 is 1.77 bits per heavy atom. The van der Waals surface area contributed by atoms with Crippen molar-refractivity contribution in [1.82, 2.24) is 5.32 Å². The molecule has 0 unspecified atom stereocenters. The molecule has 2 atom stereocenters. The zero-order valence-electron chi connectivity index (χ0n) is 19.6. The van der Waals surface area contributed by atoms with Crippen molar-refractivity contribution in [3.63, 3.8) is 0 Å². The van der Waals surface area contributed by atoms with E-state index in [1.54, 1.807) is 12.1 Å². The number of ether oxygens (including phenoxy) is 2. The molecule has 0 bridgehead atoms. The number of halogens is 1. The molecule has 6 nitrogen and oxygen atoms in total. The molecule has 0 aromatic heterocycles. The van der Waals surface area contributed by atoms with Gasteiger partial charge in [-0.25, -0.2) is 9.38 Å². The highest BCUT2D eigenvalue weighted by Crippen LogP contribution is 2.33. The Labute approximate surface area is 204 Å². The molecule has 1 heterocycles. The van der Waals surface area contributed by atoms with E-state index in [4.69, 9.17) is 19.6 Å². The fourth-order valence-electron chi connectivity index (χ4n) is 3.99. The summed E-state index contributed by atoms with van der Waals surface area (Å²) >= 11 is 0. The van der Waals surface area contributed by atoms with E-state index >= 15 is 0 Å². The maximum atomic E-state index is 13.6. The summed E-state index contributed by atoms with van der Waals surface area (Å²) in [5.41, 5.74) is 1.35. The van der Waals surface area contributed by atoms with Crippen molar-refractivity contribution in [1.29, 1.82) is 0 Å². The standard InChI is InChI=1S/C28H29FN2O4/c1-20-28(18-21-6-3-2-4-7-21,27(33)30-19-22-8-12-24(29)13-9-22)31-26(35-20)23-10-14-25(15-11-23)34-17-5-16-32/h2-4,6-15,20,32H,5,16-19H2,1H3,(H,30,33)/t20-,28-/m1/s1. The Bertz CT molecular complexity index is 1150. The summed E-state index contributed by atoms with van der Waals surface area (Å²) in [5.74, 6) is 0.503. The van der Waals surface area contributed by atoms with Gasteiger partial charge in [-0.1, -0.05) is 42.5 Å². The molecular weight excluding hydrogens is 447 g/mol. The number of aliphatic hydroxyl groups is 1. The predicted molar refractivity (Wildman–Crippen MR) is 132 cm³/mol. The van der Waals surface area contributed by atoms with E-state index in [0.29, 0.717) is 31.1 Å². The molecule has 1 aliphatic rings. The SMILES string of the molecule is C[C@H]1OC(c2ccc(OCCCO)cc2)=N[C@@]1(Cc1ccccc1)C(=O)NCc1ccc(F)cc1. The lowest BCUT2D eigenvalue weighted by Crippen LogP contribution is -2.52. The first kappa shape index (κ1) is 24.4. The summed E-state index contributed by atoms with van der Waals surface area (Å²) in [7, 11) is 0. The van der Waals surface area contributed by atoms with Gasteiger partial charge < -0.3 is 19.9 Å². The van der Waals surface area contributed by atoms with Crippen molar-refractivity contribution >= 4 is 11.8 Å². The average Bonchev–Trinajstić information content (AvgIpc) is 3.21. The molecule has 0 radical (unpaired) electrons. The summed E-state index contributed by atoms with van der Waals surface area (Å²) in [5, 5.41) is 11.9. The lowest BCUT2D eigenvalue weighted by atomic mass is 9.86.